The summed E-state index contributed by atoms with van der Waals surface area (Å²) in [6.07, 6.45) is 3.58. The summed E-state index contributed by atoms with van der Waals surface area (Å²) in [4.78, 5) is 14.8. The smallest absolute Gasteiger partial charge is 0.313 e. The maximum Gasteiger partial charge on any atom is 0.313 e. The lowest BCUT2D eigenvalue weighted by atomic mass is 10.1. The van der Waals surface area contributed by atoms with Crippen LogP contribution in [0.25, 0.3) is 0 Å². The van der Waals surface area contributed by atoms with Crippen LogP contribution in [0.15, 0.2) is 17.6 Å². The zero-order valence-corrected chi connectivity index (χ0v) is 11.8. The molecule has 0 aliphatic carbocycles. The minimum atomic E-state index is -0.833. The first-order valence-corrected chi connectivity index (χ1v) is 7.00. The second kappa shape index (κ2) is 7.43. The zero-order chi connectivity index (χ0) is 13.5. The number of aliphatic carboxylic acids is 1. The van der Waals surface area contributed by atoms with E-state index in [1.165, 1.54) is 11.8 Å². The molecule has 0 bridgehead atoms. The fraction of sp³-hybridized carbons (Fsp3) is 0.667. The summed E-state index contributed by atoms with van der Waals surface area (Å²) in [6.45, 7) is 7.50. The van der Waals surface area contributed by atoms with Gasteiger partial charge in [0, 0.05) is 19.0 Å². The van der Waals surface area contributed by atoms with Crippen molar-refractivity contribution in [2.45, 2.75) is 32.0 Å². The molecule has 18 heavy (non-hydrogen) atoms. The molecule has 1 aromatic rings. The van der Waals surface area contributed by atoms with Crippen LogP contribution in [-0.2, 0) is 9.53 Å². The molecule has 0 radical (unpaired) electrons. The second-order valence-corrected chi connectivity index (χ2v) is 5.21. The number of ether oxygens (including phenoxy) is 1. The van der Waals surface area contributed by atoms with E-state index >= 15 is 0 Å². The van der Waals surface area contributed by atoms with Crippen molar-refractivity contribution >= 4 is 17.7 Å². The molecule has 0 saturated heterocycles. The van der Waals surface area contributed by atoms with Crippen LogP contribution in [0.2, 0.25) is 0 Å². The van der Waals surface area contributed by atoms with Crippen molar-refractivity contribution in [2.24, 2.45) is 5.92 Å². The van der Waals surface area contributed by atoms with Gasteiger partial charge in [-0.15, -0.1) is 0 Å². The highest BCUT2D eigenvalue weighted by atomic mass is 32.2. The molecular weight excluding hydrogens is 252 g/mol. The number of imidazole rings is 1. The third kappa shape index (κ3) is 4.34. The molecule has 0 aliphatic rings. The number of carboxylic acids is 1. The Kier molecular flexibility index (Phi) is 6.21. The van der Waals surface area contributed by atoms with Crippen molar-refractivity contribution in [2.75, 3.05) is 19.0 Å². The standard InChI is InChI=1S/C12H20N2O3S/c1-4-17-7-10(9(2)3)14-6-5-13-12(14)18-8-11(15)16/h5-6,9-10H,4,7-8H2,1-3H3,(H,15,16). The predicted octanol–water partition coefficient (Wildman–Crippen LogP) is 2.29. The van der Waals surface area contributed by atoms with E-state index < -0.39 is 5.97 Å². The molecule has 0 amide bonds. The summed E-state index contributed by atoms with van der Waals surface area (Å²) in [5.41, 5.74) is 0. The SMILES string of the molecule is CCOCC(C(C)C)n1ccnc1SCC(=O)O. The van der Waals surface area contributed by atoms with E-state index in [1.807, 2.05) is 17.7 Å². The molecule has 1 atom stereocenters. The van der Waals surface area contributed by atoms with E-state index in [0.717, 1.165) is 5.16 Å². The number of carboxylic acid groups (broad SMARTS) is 1. The largest absolute Gasteiger partial charge is 0.481 e. The lowest BCUT2D eigenvalue weighted by Gasteiger charge is -2.23. The summed E-state index contributed by atoms with van der Waals surface area (Å²) in [5.74, 6) is -0.411. The van der Waals surface area contributed by atoms with Gasteiger partial charge in [0.2, 0.25) is 0 Å². The number of rotatable bonds is 8. The lowest BCUT2D eigenvalue weighted by Crippen LogP contribution is -2.21. The first-order chi connectivity index (χ1) is 8.56. The number of aromatic nitrogens is 2. The topological polar surface area (TPSA) is 64.4 Å². The Balaban J connectivity index is 2.77. The van der Waals surface area contributed by atoms with E-state index in [0.29, 0.717) is 19.1 Å². The Hall–Kier alpha value is -1.01. The molecule has 0 saturated carbocycles. The first kappa shape index (κ1) is 15.0. The molecule has 1 unspecified atom stereocenters. The molecule has 102 valence electrons. The normalized spacial score (nSPS) is 12.9. The van der Waals surface area contributed by atoms with Crippen molar-refractivity contribution < 1.29 is 14.6 Å². The van der Waals surface area contributed by atoms with Gasteiger partial charge in [0.05, 0.1) is 18.4 Å². The molecular formula is C12H20N2O3S. The molecule has 1 N–H and O–H groups in total. The van der Waals surface area contributed by atoms with Gasteiger partial charge in [-0.2, -0.15) is 0 Å². The number of hydrogen-bond donors (Lipinski definition) is 1. The molecule has 0 spiro atoms. The average molecular weight is 272 g/mol. The zero-order valence-electron chi connectivity index (χ0n) is 11.0. The van der Waals surface area contributed by atoms with Crippen LogP contribution >= 0.6 is 11.8 Å². The Morgan fingerprint density at radius 1 is 1.61 bits per heavy atom. The molecule has 1 aromatic heterocycles. The number of thioether (sulfide) groups is 1. The molecule has 5 nitrogen and oxygen atoms in total. The molecule has 0 aliphatic heterocycles. The fourth-order valence-electron chi connectivity index (χ4n) is 1.62. The van der Waals surface area contributed by atoms with E-state index in [9.17, 15) is 4.79 Å². The van der Waals surface area contributed by atoms with Gasteiger partial charge in [0.15, 0.2) is 5.16 Å². The molecule has 0 aromatic carbocycles. The quantitative estimate of drug-likeness (QED) is 0.736. The Morgan fingerprint density at radius 3 is 2.89 bits per heavy atom. The third-order valence-electron chi connectivity index (χ3n) is 2.58. The average Bonchev–Trinajstić information content (AvgIpc) is 2.75. The van der Waals surface area contributed by atoms with Crippen molar-refractivity contribution in [1.82, 2.24) is 9.55 Å². The van der Waals surface area contributed by atoms with Gasteiger partial charge in [-0.1, -0.05) is 25.6 Å². The van der Waals surface area contributed by atoms with Crippen LogP contribution in [0.5, 0.6) is 0 Å². The van der Waals surface area contributed by atoms with Crippen LogP contribution in [0, 0.1) is 5.92 Å². The Labute approximate surface area is 112 Å². The minimum absolute atomic E-state index is 0.0243. The highest BCUT2D eigenvalue weighted by Gasteiger charge is 2.19. The van der Waals surface area contributed by atoms with Crippen LogP contribution in [0.3, 0.4) is 0 Å². The van der Waals surface area contributed by atoms with Crippen LogP contribution < -0.4 is 0 Å². The monoisotopic (exact) mass is 272 g/mol. The van der Waals surface area contributed by atoms with Gasteiger partial charge in [-0.05, 0) is 12.8 Å². The van der Waals surface area contributed by atoms with Crippen molar-refractivity contribution in [1.29, 1.82) is 0 Å². The highest BCUT2D eigenvalue weighted by Crippen LogP contribution is 2.25. The summed E-state index contributed by atoms with van der Waals surface area (Å²) in [5, 5.41) is 9.44. The van der Waals surface area contributed by atoms with E-state index in [1.54, 1.807) is 6.20 Å². The third-order valence-corrected chi connectivity index (χ3v) is 3.54. The number of carbonyl (C=O) groups is 1. The van der Waals surface area contributed by atoms with Gasteiger partial charge in [0.1, 0.15) is 0 Å². The van der Waals surface area contributed by atoms with Gasteiger partial charge >= 0.3 is 5.97 Å². The molecule has 6 heteroatoms. The molecule has 1 heterocycles. The first-order valence-electron chi connectivity index (χ1n) is 6.01. The van der Waals surface area contributed by atoms with Crippen LogP contribution in [-0.4, -0.2) is 39.6 Å². The molecule has 1 rings (SSSR count). The van der Waals surface area contributed by atoms with Gasteiger partial charge in [-0.25, -0.2) is 4.98 Å². The Bertz CT molecular complexity index is 379. The predicted molar refractivity (Wildman–Crippen MR) is 71.0 cm³/mol. The van der Waals surface area contributed by atoms with Crippen molar-refractivity contribution in [3.63, 3.8) is 0 Å². The summed E-state index contributed by atoms with van der Waals surface area (Å²) in [7, 11) is 0. The number of nitrogens with zero attached hydrogens (tertiary/aromatic N) is 2. The van der Waals surface area contributed by atoms with Crippen molar-refractivity contribution in [3.05, 3.63) is 12.4 Å². The minimum Gasteiger partial charge on any atom is -0.481 e. The van der Waals surface area contributed by atoms with Crippen molar-refractivity contribution in [3.8, 4) is 0 Å². The van der Waals surface area contributed by atoms with Gasteiger partial charge < -0.3 is 14.4 Å². The Morgan fingerprint density at radius 2 is 2.33 bits per heavy atom. The highest BCUT2D eigenvalue weighted by molar-refractivity contribution is 7.99. The lowest BCUT2D eigenvalue weighted by molar-refractivity contribution is -0.133. The maximum atomic E-state index is 10.6. The molecule has 0 fully saturated rings. The second-order valence-electron chi connectivity index (χ2n) is 4.27. The van der Waals surface area contributed by atoms with Crippen LogP contribution in [0.4, 0.5) is 0 Å². The van der Waals surface area contributed by atoms with Gasteiger partial charge in [0.25, 0.3) is 0 Å². The van der Waals surface area contributed by atoms with E-state index in [4.69, 9.17) is 9.84 Å². The van der Waals surface area contributed by atoms with E-state index in [2.05, 4.69) is 18.8 Å². The summed E-state index contributed by atoms with van der Waals surface area (Å²) >= 11 is 1.24. The summed E-state index contributed by atoms with van der Waals surface area (Å²) < 4.78 is 7.50. The summed E-state index contributed by atoms with van der Waals surface area (Å²) in [6, 6.07) is 0.184. The van der Waals surface area contributed by atoms with Gasteiger partial charge in [-0.3, -0.25) is 4.79 Å². The maximum absolute atomic E-state index is 10.6. The number of hydrogen-bond acceptors (Lipinski definition) is 4. The fourth-order valence-corrected chi connectivity index (χ4v) is 2.36. The van der Waals surface area contributed by atoms with Crippen LogP contribution in [0.1, 0.15) is 26.8 Å². The van der Waals surface area contributed by atoms with E-state index in [-0.39, 0.29) is 11.8 Å².